The Bertz CT molecular complexity index is 845. The summed E-state index contributed by atoms with van der Waals surface area (Å²) < 4.78 is 16.8. The van der Waals surface area contributed by atoms with Crippen molar-refractivity contribution < 1.29 is 23.5 Å². The number of nitrogens with one attached hydrogen (secondary N) is 1. The van der Waals surface area contributed by atoms with Crippen molar-refractivity contribution in [2.75, 3.05) is 26.8 Å². The molecule has 7 nitrogen and oxygen atoms in total. The molecule has 0 bridgehead atoms. The minimum atomic E-state index is -0.175. The standard InChI is InChI=1S/C21H25BrN2O5/c1-3-9-29-19-17(22)11-15(12-18(19)27-2)20(25)23-16-4-7-24(8-5-16)21(26)14-6-10-28-13-14/h6,10-13,16H,3-5,7-9H2,1-2H3,(H,23,25). The Morgan fingerprint density at radius 1 is 1.28 bits per heavy atom. The quantitative estimate of drug-likeness (QED) is 0.672. The van der Waals surface area contributed by atoms with Crippen molar-refractivity contribution in [3.63, 3.8) is 0 Å². The van der Waals surface area contributed by atoms with Crippen molar-refractivity contribution in [2.45, 2.75) is 32.2 Å². The number of likely N-dealkylation sites (tertiary alicyclic amines) is 1. The van der Waals surface area contributed by atoms with Crippen LogP contribution < -0.4 is 14.8 Å². The molecule has 29 heavy (non-hydrogen) atoms. The fraction of sp³-hybridized carbons (Fsp3) is 0.429. The number of amides is 2. The number of furan rings is 1. The highest BCUT2D eigenvalue weighted by Gasteiger charge is 2.26. The molecule has 1 saturated heterocycles. The van der Waals surface area contributed by atoms with Gasteiger partial charge in [-0.1, -0.05) is 6.92 Å². The van der Waals surface area contributed by atoms with Crippen LogP contribution in [0.4, 0.5) is 0 Å². The zero-order valence-corrected chi connectivity index (χ0v) is 18.2. The van der Waals surface area contributed by atoms with E-state index >= 15 is 0 Å². The van der Waals surface area contributed by atoms with Crippen LogP contribution in [0.5, 0.6) is 11.5 Å². The Morgan fingerprint density at radius 3 is 2.66 bits per heavy atom. The molecular formula is C21H25BrN2O5. The van der Waals surface area contributed by atoms with Gasteiger partial charge in [0.15, 0.2) is 11.5 Å². The first kappa shape index (κ1) is 21.2. The first-order chi connectivity index (χ1) is 14.0. The molecule has 8 heteroatoms. The van der Waals surface area contributed by atoms with Gasteiger partial charge in [-0.05, 0) is 53.4 Å². The molecule has 1 N–H and O–H groups in total. The van der Waals surface area contributed by atoms with E-state index in [1.807, 2.05) is 6.92 Å². The third-order valence-electron chi connectivity index (χ3n) is 4.83. The van der Waals surface area contributed by atoms with Crippen LogP contribution in [0.3, 0.4) is 0 Å². The molecule has 0 unspecified atom stereocenters. The molecule has 0 aliphatic carbocycles. The van der Waals surface area contributed by atoms with E-state index in [1.165, 1.54) is 12.5 Å². The smallest absolute Gasteiger partial charge is 0.257 e. The van der Waals surface area contributed by atoms with Crippen molar-refractivity contribution in [1.82, 2.24) is 10.2 Å². The van der Waals surface area contributed by atoms with Gasteiger partial charge < -0.3 is 24.1 Å². The van der Waals surface area contributed by atoms with Gasteiger partial charge in [-0.15, -0.1) is 0 Å². The van der Waals surface area contributed by atoms with Gasteiger partial charge in [0, 0.05) is 24.7 Å². The Morgan fingerprint density at radius 2 is 2.03 bits per heavy atom. The number of methoxy groups -OCH3 is 1. The molecule has 0 saturated carbocycles. The Balaban J connectivity index is 1.59. The number of carbonyl (C=O) groups excluding carboxylic acids is 2. The van der Waals surface area contributed by atoms with E-state index in [1.54, 1.807) is 30.2 Å². The zero-order valence-electron chi connectivity index (χ0n) is 16.6. The topological polar surface area (TPSA) is 81.0 Å². The summed E-state index contributed by atoms with van der Waals surface area (Å²) in [5.74, 6) is 0.890. The van der Waals surface area contributed by atoms with E-state index in [0.717, 1.165) is 6.42 Å². The molecule has 1 aromatic carbocycles. The van der Waals surface area contributed by atoms with E-state index in [2.05, 4.69) is 21.2 Å². The average molecular weight is 465 g/mol. The summed E-state index contributed by atoms with van der Waals surface area (Å²) in [5, 5.41) is 3.06. The molecule has 2 aromatic rings. The molecule has 0 atom stereocenters. The summed E-state index contributed by atoms with van der Waals surface area (Å²) in [5.41, 5.74) is 1.05. The van der Waals surface area contributed by atoms with Crippen molar-refractivity contribution in [2.24, 2.45) is 0 Å². The SMILES string of the molecule is CCCOc1c(Br)cc(C(=O)NC2CCN(C(=O)c3ccoc3)CC2)cc1OC. The second kappa shape index (κ2) is 9.82. The first-order valence-corrected chi connectivity index (χ1v) is 10.5. The Kier molecular flexibility index (Phi) is 7.19. The van der Waals surface area contributed by atoms with Gasteiger partial charge in [0.2, 0.25) is 0 Å². The Labute approximate surface area is 178 Å². The Hall–Kier alpha value is -2.48. The van der Waals surface area contributed by atoms with Gasteiger partial charge in [-0.3, -0.25) is 9.59 Å². The molecule has 156 valence electrons. The predicted molar refractivity (Wildman–Crippen MR) is 112 cm³/mol. The van der Waals surface area contributed by atoms with Crippen LogP contribution in [0.15, 0.2) is 39.6 Å². The highest BCUT2D eigenvalue weighted by atomic mass is 79.9. The maximum absolute atomic E-state index is 12.7. The monoisotopic (exact) mass is 464 g/mol. The van der Waals surface area contributed by atoms with E-state index in [0.29, 0.717) is 59.6 Å². The van der Waals surface area contributed by atoms with E-state index in [-0.39, 0.29) is 17.9 Å². The van der Waals surface area contributed by atoms with E-state index in [9.17, 15) is 9.59 Å². The van der Waals surface area contributed by atoms with Crippen LogP contribution in [-0.4, -0.2) is 49.6 Å². The number of rotatable bonds is 7. The molecule has 1 aromatic heterocycles. The van der Waals surface area contributed by atoms with Crippen LogP contribution in [0.1, 0.15) is 46.9 Å². The van der Waals surface area contributed by atoms with Crippen LogP contribution >= 0.6 is 15.9 Å². The van der Waals surface area contributed by atoms with Crippen molar-refractivity contribution in [3.8, 4) is 11.5 Å². The highest BCUT2D eigenvalue weighted by Crippen LogP contribution is 2.36. The molecule has 1 aliphatic rings. The minimum Gasteiger partial charge on any atom is -0.493 e. The molecule has 0 radical (unpaired) electrons. The maximum atomic E-state index is 12.7. The van der Waals surface area contributed by atoms with Gasteiger partial charge in [0.25, 0.3) is 11.8 Å². The number of benzene rings is 1. The van der Waals surface area contributed by atoms with Crippen molar-refractivity contribution in [1.29, 1.82) is 0 Å². The highest BCUT2D eigenvalue weighted by molar-refractivity contribution is 9.10. The van der Waals surface area contributed by atoms with Gasteiger partial charge in [0.05, 0.1) is 30.0 Å². The fourth-order valence-electron chi connectivity index (χ4n) is 3.26. The molecule has 0 spiro atoms. The third kappa shape index (κ3) is 5.12. The lowest BCUT2D eigenvalue weighted by Gasteiger charge is -2.32. The number of halogens is 1. The molecular weight excluding hydrogens is 440 g/mol. The second-order valence-corrected chi connectivity index (χ2v) is 7.74. The molecule has 1 fully saturated rings. The average Bonchev–Trinajstić information content (AvgIpc) is 3.27. The lowest BCUT2D eigenvalue weighted by Crippen LogP contribution is -2.46. The molecule has 3 rings (SSSR count). The fourth-order valence-corrected chi connectivity index (χ4v) is 3.82. The minimum absolute atomic E-state index is 0.0108. The summed E-state index contributed by atoms with van der Waals surface area (Å²) in [4.78, 5) is 26.9. The lowest BCUT2D eigenvalue weighted by atomic mass is 10.0. The number of nitrogens with zero attached hydrogens (tertiary/aromatic N) is 1. The summed E-state index contributed by atoms with van der Waals surface area (Å²) in [7, 11) is 1.55. The molecule has 2 heterocycles. The van der Waals surface area contributed by atoms with Crippen molar-refractivity contribution >= 4 is 27.7 Å². The number of carbonyl (C=O) groups is 2. The number of hydrogen-bond acceptors (Lipinski definition) is 5. The first-order valence-electron chi connectivity index (χ1n) is 9.66. The zero-order chi connectivity index (χ0) is 20.8. The summed E-state index contributed by atoms with van der Waals surface area (Å²) >= 11 is 3.47. The van der Waals surface area contributed by atoms with Gasteiger partial charge in [-0.25, -0.2) is 0 Å². The van der Waals surface area contributed by atoms with Gasteiger partial charge in [0.1, 0.15) is 6.26 Å². The van der Waals surface area contributed by atoms with Gasteiger partial charge >= 0.3 is 0 Å². The van der Waals surface area contributed by atoms with E-state index in [4.69, 9.17) is 13.9 Å². The van der Waals surface area contributed by atoms with Crippen LogP contribution in [0.2, 0.25) is 0 Å². The summed E-state index contributed by atoms with van der Waals surface area (Å²) in [6.45, 7) is 3.77. The largest absolute Gasteiger partial charge is 0.493 e. The van der Waals surface area contributed by atoms with Crippen LogP contribution in [0.25, 0.3) is 0 Å². The van der Waals surface area contributed by atoms with Gasteiger partial charge in [-0.2, -0.15) is 0 Å². The third-order valence-corrected chi connectivity index (χ3v) is 5.42. The van der Waals surface area contributed by atoms with Crippen molar-refractivity contribution in [3.05, 3.63) is 46.3 Å². The molecule has 2 amide bonds. The number of ether oxygens (including phenoxy) is 2. The van der Waals surface area contributed by atoms with E-state index < -0.39 is 0 Å². The normalized spacial score (nSPS) is 14.5. The predicted octanol–water partition coefficient (Wildman–Crippen LogP) is 3.87. The van der Waals surface area contributed by atoms with Crippen LogP contribution in [-0.2, 0) is 0 Å². The summed E-state index contributed by atoms with van der Waals surface area (Å²) in [6.07, 6.45) is 5.22. The number of hydrogen-bond donors (Lipinski definition) is 1. The van der Waals surface area contributed by atoms with Crippen LogP contribution in [0, 0.1) is 0 Å². The lowest BCUT2D eigenvalue weighted by molar-refractivity contribution is 0.0697. The molecule has 1 aliphatic heterocycles. The number of piperidine rings is 1. The maximum Gasteiger partial charge on any atom is 0.257 e. The summed E-state index contributed by atoms with van der Waals surface area (Å²) in [6, 6.07) is 5.09. The second-order valence-electron chi connectivity index (χ2n) is 6.89.